The van der Waals surface area contributed by atoms with Gasteiger partial charge in [-0.15, -0.1) is 0 Å². The van der Waals surface area contributed by atoms with E-state index in [9.17, 15) is 5.11 Å². The van der Waals surface area contributed by atoms with Gasteiger partial charge >= 0.3 is 0 Å². The maximum Gasteiger partial charge on any atom is 0.105 e. The Hall–Kier alpha value is -1.12. The van der Waals surface area contributed by atoms with Gasteiger partial charge in [0.15, 0.2) is 0 Å². The molecule has 2 aromatic rings. The van der Waals surface area contributed by atoms with Crippen LogP contribution in [0.4, 0.5) is 0 Å². The summed E-state index contributed by atoms with van der Waals surface area (Å²) in [5.41, 5.74) is 4.46. The second-order valence-electron chi connectivity index (χ2n) is 5.73. The minimum atomic E-state index is -0.565. The Bertz CT molecular complexity index is 617. The van der Waals surface area contributed by atoms with Crippen molar-refractivity contribution in [3.05, 3.63) is 69.2 Å². The van der Waals surface area contributed by atoms with Crippen LogP contribution in [0.5, 0.6) is 0 Å². The average Bonchev–Trinajstić information content (AvgIpc) is 2.39. The molecule has 2 aromatic carbocycles. The molecule has 1 aliphatic rings. The Labute approximate surface area is 128 Å². The summed E-state index contributed by atoms with van der Waals surface area (Å²) in [7, 11) is 0. The molecule has 0 bridgehead atoms. The van der Waals surface area contributed by atoms with Crippen LogP contribution < -0.4 is 0 Å². The smallest absolute Gasteiger partial charge is 0.105 e. The zero-order valence-electron chi connectivity index (χ0n) is 11.6. The van der Waals surface area contributed by atoms with Gasteiger partial charge in [-0.2, -0.15) is 0 Å². The lowest BCUT2D eigenvalue weighted by Gasteiger charge is -2.26. The predicted molar refractivity (Wildman–Crippen MR) is 86.0 cm³/mol. The van der Waals surface area contributed by atoms with Gasteiger partial charge in [-0.05, 0) is 48.4 Å². The Morgan fingerprint density at radius 1 is 1.15 bits per heavy atom. The van der Waals surface area contributed by atoms with Gasteiger partial charge in [0.25, 0.3) is 0 Å². The van der Waals surface area contributed by atoms with Crippen LogP contribution in [0.15, 0.2) is 46.9 Å². The maximum atomic E-state index is 10.7. The lowest BCUT2D eigenvalue weighted by molar-refractivity contribution is 0.219. The van der Waals surface area contributed by atoms with E-state index < -0.39 is 6.10 Å². The molecule has 1 aliphatic carbocycles. The first-order chi connectivity index (χ1) is 9.65. The number of aliphatic hydroxyl groups excluding tert-OH is 1. The second kappa shape index (κ2) is 5.71. The third kappa shape index (κ3) is 2.68. The molecule has 1 saturated carbocycles. The summed E-state index contributed by atoms with van der Waals surface area (Å²) in [5, 5.41) is 10.7. The van der Waals surface area contributed by atoms with E-state index in [0.29, 0.717) is 5.92 Å². The van der Waals surface area contributed by atoms with E-state index in [-0.39, 0.29) is 0 Å². The van der Waals surface area contributed by atoms with Crippen molar-refractivity contribution in [2.75, 3.05) is 0 Å². The van der Waals surface area contributed by atoms with Gasteiger partial charge in [0.05, 0.1) is 0 Å². The topological polar surface area (TPSA) is 20.2 Å². The molecule has 1 unspecified atom stereocenters. The summed E-state index contributed by atoms with van der Waals surface area (Å²) in [6.45, 7) is 2.05. The maximum absolute atomic E-state index is 10.7. The molecule has 104 valence electrons. The van der Waals surface area contributed by atoms with Crippen molar-refractivity contribution in [2.45, 2.75) is 38.2 Å². The highest BCUT2D eigenvalue weighted by Crippen LogP contribution is 2.38. The molecular formula is C18H19BrO. The SMILES string of the molecule is Cc1ccc(Br)c(C(O)c2cccc(C3CCC3)c2)c1. The lowest BCUT2D eigenvalue weighted by atomic mass is 9.79. The molecule has 1 atom stereocenters. The first kappa shape index (κ1) is 13.8. The summed E-state index contributed by atoms with van der Waals surface area (Å²) >= 11 is 3.54. The minimum absolute atomic E-state index is 0.565. The zero-order chi connectivity index (χ0) is 14.1. The van der Waals surface area contributed by atoms with Crippen molar-refractivity contribution >= 4 is 15.9 Å². The summed E-state index contributed by atoms with van der Waals surface area (Å²) in [5.74, 6) is 0.697. The summed E-state index contributed by atoms with van der Waals surface area (Å²) in [6.07, 6.45) is 3.34. The van der Waals surface area contributed by atoms with Crippen molar-refractivity contribution in [1.29, 1.82) is 0 Å². The number of aliphatic hydroxyl groups is 1. The van der Waals surface area contributed by atoms with Gasteiger partial charge in [-0.25, -0.2) is 0 Å². The molecule has 3 rings (SSSR count). The largest absolute Gasteiger partial charge is 0.384 e. The monoisotopic (exact) mass is 330 g/mol. The molecule has 20 heavy (non-hydrogen) atoms. The molecule has 0 radical (unpaired) electrons. The summed E-state index contributed by atoms with van der Waals surface area (Å²) in [6, 6.07) is 14.5. The highest BCUT2D eigenvalue weighted by Gasteiger charge is 2.21. The van der Waals surface area contributed by atoms with Crippen LogP contribution in [-0.4, -0.2) is 5.11 Å². The van der Waals surface area contributed by atoms with Crippen LogP contribution in [-0.2, 0) is 0 Å². The molecule has 0 spiro atoms. The molecule has 0 amide bonds. The van der Waals surface area contributed by atoms with Gasteiger partial charge in [0.2, 0.25) is 0 Å². The van der Waals surface area contributed by atoms with Gasteiger partial charge in [-0.1, -0.05) is 64.3 Å². The Balaban J connectivity index is 1.93. The molecule has 0 saturated heterocycles. The van der Waals surface area contributed by atoms with Crippen molar-refractivity contribution in [1.82, 2.24) is 0 Å². The van der Waals surface area contributed by atoms with Crippen molar-refractivity contribution in [2.24, 2.45) is 0 Å². The zero-order valence-corrected chi connectivity index (χ0v) is 13.2. The van der Waals surface area contributed by atoms with E-state index in [1.807, 2.05) is 31.2 Å². The lowest BCUT2D eigenvalue weighted by Crippen LogP contribution is -2.10. The van der Waals surface area contributed by atoms with Gasteiger partial charge in [0, 0.05) is 4.47 Å². The molecule has 2 heteroatoms. The standard InChI is InChI=1S/C18H19BrO/c1-12-8-9-17(19)16(10-12)18(20)15-7-3-6-14(11-15)13-4-2-5-13/h3,6-11,13,18,20H,2,4-5H2,1H3. The quantitative estimate of drug-likeness (QED) is 0.829. The summed E-state index contributed by atoms with van der Waals surface area (Å²) < 4.78 is 0.963. The number of rotatable bonds is 3. The highest BCUT2D eigenvalue weighted by molar-refractivity contribution is 9.10. The van der Waals surface area contributed by atoms with Crippen molar-refractivity contribution in [3.63, 3.8) is 0 Å². The van der Waals surface area contributed by atoms with Crippen LogP contribution in [0.1, 0.15) is 53.5 Å². The van der Waals surface area contributed by atoms with E-state index >= 15 is 0 Å². The Kier molecular flexibility index (Phi) is 3.95. The van der Waals surface area contributed by atoms with Gasteiger partial charge in [0.1, 0.15) is 6.10 Å². The fourth-order valence-corrected chi connectivity index (χ4v) is 3.24. The second-order valence-corrected chi connectivity index (χ2v) is 6.58. The normalized spacial score (nSPS) is 16.8. The van der Waals surface area contributed by atoms with E-state index in [1.165, 1.54) is 24.8 Å². The molecule has 0 heterocycles. The fraction of sp³-hybridized carbons (Fsp3) is 0.333. The third-order valence-electron chi connectivity index (χ3n) is 4.25. The van der Waals surface area contributed by atoms with Crippen LogP contribution >= 0.6 is 15.9 Å². The Morgan fingerprint density at radius 2 is 1.95 bits per heavy atom. The number of hydrogen-bond donors (Lipinski definition) is 1. The van der Waals surface area contributed by atoms with Crippen molar-refractivity contribution in [3.8, 4) is 0 Å². The first-order valence-electron chi connectivity index (χ1n) is 7.19. The molecule has 1 nitrogen and oxygen atoms in total. The molecule has 0 aliphatic heterocycles. The van der Waals surface area contributed by atoms with E-state index in [4.69, 9.17) is 0 Å². The van der Waals surface area contributed by atoms with Gasteiger partial charge in [-0.3, -0.25) is 0 Å². The van der Waals surface area contributed by atoms with Gasteiger partial charge < -0.3 is 5.11 Å². The molecule has 1 fully saturated rings. The number of aryl methyl sites for hydroxylation is 1. The molecule has 1 N–H and O–H groups in total. The number of hydrogen-bond acceptors (Lipinski definition) is 1. The molecular weight excluding hydrogens is 312 g/mol. The van der Waals surface area contributed by atoms with Crippen molar-refractivity contribution < 1.29 is 5.11 Å². The number of halogens is 1. The summed E-state index contributed by atoms with van der Waals surface area (Å²) in [4.78, 5) is 0. The average molecular weight is 331 g/mol. The van der Waals surface area contributed by atoms with Crippen LogP contribution in [0.2, 0.25) is 0 Å². The van der Waals surface area contributed by atoms with Crippen LogP contribution in [0.3, 0.4) is 0 Å². The third-order valence-corrected chi connectivity index (χ3v) is 4.97. The van der Waals surface area contributed by atoms with E-state index in [2.05, 4.69) is 34.1 Å². The minimum Gasteiger partial charge on any atom is -0.384 e. The van der Waals surface area contributed by atoms with E-state index in [1.54, 1.807) is 0 Å². The fourth-order valence-electron chi connectivity index (χ4n) is 2.78. The van der Waals surface area contributed by atoms with Crippen LogP contribution in [0.25, 0.3) is 0 Å². The van der Waals surface area contributed by atoms with E-state index in [0.717, 1.165) is 21.2 Å². The van der Waals surface area contributed by atoms with Crippen LogP contribution in [0, 0.1) is 6.92 Å². The first-order valence-corrected chi connectivity index (χ1v) is 7.98. The predicted octanol–water partition coefficient (Wildman–Crippen LogP) is 5.11. The highest BCUT2D eigenvalue weighted by atomic mass is 79.9. The number of benzene rings is 2. The molecule has 0 aromatic heterocycles. The Morgan fingerprint density at radius 3 is 2.65 bits per heavy atom.